The van der Waals surface area contributed by atoms with Crippen LogP contribution in [0.15, 0.2) is 47.3 Å². The molecular weight excluding hydrogens is 406 g/mol. The predicted molar refractivity (Wildman–Crippen MR) is 108 cm³/mol. The zero-order valence-corrected chi connectivity index (χ0v) is 17.0. The molecule has 31 heavy (non-hydrogen) atoms. The summed E-state index contributed by atoms with van der Waals surface area (Å²) in [7, 11) is 1.29. The molecule has 1 N–H and O–H groups in total. The first-order chi connectivity index (χ1) is 15.0. The Labute approximate surface area is 178 Å². The maximum atomic E-state index is 12.4. The number of nitrogens with zero attached hydrogens (tertiary/aromatic N) is 2. The molecule has 1 fully saturated rings. The smallest absolute Gasteiger partial charge is 0.339 e. The van der Waals surface area contributed by atoms with Crippen LogP contribution in [-0.2, 0) is 19.1 Å². The fraction of sp³-hybridized carbons (Fsp3) is 0.333. The number of pyridine rings is 1. The standard InChI is InChI=1S/C21H23N3O7/c1-28-21(27)15-9-17(11-22-10-15)31-14-18-13-24(6-8-30-18)20(26)12-23-19(25)5-4-16-3-2-7-29-16/h2-5,7,9-11,18H,6,8,12-14H2,1H3,(H,23,25). The lowest BCUT2D eigenvalue weighted by Crippen LogP contribution is -2.50. The van der Waals surface area contributed by atoms with E-state index in [1.807, 2.05) is 0 Å². The zero-order chi connectivity index (χ0) is 22.1. The number of furan rings is 1. The number of ether oxygens (including phenoxy) is 3. The van der Waals surface area contributed by atoms with Crippen molar-refractivity contribution in [2.45, 2.75) is 6.10 Å². The van der Waals surface area contributed by atoms with Gasteiger partial charge in [0.25, 0.3) is 0 Å². The van der Waals surface area contributed by atoms with Gasteiger partial charge in [0, 0.05) is 18.8 Å². The molecule has 2 aromatic rings. The Morgan fingerprint density at radius 3 is 3.00 bits per heavy atom. The van der Waals surface area contributed by atoms with E-state index in [1.54, 1.807) is 17.0 Å². The van der Waals surface area contributed by atoms with Crippen LogP contribution in [0.25, 0.3) is 6.08 Å². The van der Waals surface area contributed by atoms with Gasteiger partial charge in [-0.05, 0) is 24.3 Å². The molecule has 10 heteroatoms. The lowest BCUT2D eigenvalue weighted by Gasteiger charge is -2.32. The number of esters is 1. The van der Waals surface area contributed by atoms with Crippen LogP contribution in [0, 0.1) is 0 Å². The summed E-state index contributed by atoms with van der Waals surface area (Å²) < 4.78 is 21.1. The molecule has 0 aromatic carbocycles. The van der Waals surface area contributed by atoms with Gasteiger partial charge in [0.05, 0.1) is 44.8 Å². The van der Waals surface area contributed by atoms with Gasteiger partial charge in [0.1, 0.15) is 24.2 Å². The first-order valence-electron chi connectivity index (χ1n) is 9.60. The van der Waals surface area contributed by atoms with Crippen molar-refractivity contribution in [2.75, 3.05) is 40.0 Å². The molecule has 0 radical (unpaired) electrons. The minimum atomic E-state index is -0.510. The summed E-state index contributed by atoms with van der Waals surface area (Å²) in [5, 5.41) is 2.55. The monoisotopic (exact) mass is 429 g/mol. The summed E-state index contributed by atoms with van der Waals surface area (Å²) >= 11 is 0. The summed E-state index contributed by atoms with van der Waals surface area (Å²) in [4.78, 5) is 41.4. The molecule has 3 rings (SSSR count). The van der Waals surface area contributed by atoms with E-state index in [-0.39, 0.29) is 30.7 Å². The second kappa shape index (κ2) is 10.9. The molecule has 2 aromatic heterocycles. The summed E-state index contributed by atoms with van der Waals surface area (Å²) in [6.07, 6.45) is 6.84. The van der Waals surface area contributed by atoms with E-state index in [2.05, 4.69) is 15.0 Å². The predicted octanol–water partition coefficient (Wildman–Crippen LogP) is 0.897. The van der Waals surface area contributed by atoms with Gasteiger partial charge in [-0.2, -0.15) is 0 Å². The normalized spacial score (nSPS) is 16.2. The van der Waals surface area contributed by atoms with E-state index in [1.165, 1.54) is 44.0 Å². The molecule has 1 atom stereocenters. The number of aromatic nitrogens is 1. The number of nitrogens with one attached hydrogen (secondary N) is 1. The van der Waals surface area contributed by atoms with Crippen LogP contribution < -0.4 is 10.1 Å². The third-order valence-corrected chi connectivity index (χ3v) is 4.42. The Kier molecular flexibility index (Phi) is 7.77. The largest absolute Gasteiger partial charge is 0.489 e. The maximum Gasteiger partial charge on any atom is 0.339 e. The van der Waals surface area contributed by atoms with Crippen molar-refractivity contribution in [1.82, 2.24) is 15.2 Å². The maximum absolute atomic E-state index is 12.4. The average molecular weight is 429 g/mol. The second-order valence-corrected chi connectivity index (χ2v) is 6.61. The number of methoxy groups -OCH3 is 1. The van der Waals surface area contributed by atoms with Gasteiger partial charge in [0.15, 0.2) is 0 Å². The molecule has 3 heterocycles. The van der Waals surface area contributed by atoms with Gasteiger partial charge in [-0.1, -0.05) is 0 Å². The lowest BCUT2D eigenvalue weighted by atomic mass is 10.2. The molecule has 1 aliphatic heterocycles. The molecule has 0 spiro atoms. The fourth-order valence-corrected chi connectivity index (χ4v) is 2.84. The van der Waals surface area contributed by atoms with Crippen LogP contribution in [0.5, 0.6) is 5.75 Å². The summed E-state index contributed by atoms with van der Waals surface area (Å²) in [6, 6.07) is 4.95. The van der Waals surface area contributed by atoms with E-state index >= 15 is 0 Å². The van der Waals surface area contributed by atoms with Crippen molar-refractivity contribution < 1.29 is 33.0 Å². The minimum Gasteiger partial charge on any atom is -0.489 e. The average Bonchev–Trinajstić information content (AvgIpc) is 3.33. The number of carbonyl (C=O) groups is 3. The van der Waals surface area contributed by atoms with E-state index in [9.17, 15) is 14.4 Å². The van der Waals surface area contributed by atoms with Gasteiger partial charge in [-0.15, -0.1) is 0 Å². The Bertz CT molecular complexity index is 927. The molecule has 1 aliphatic rings. The first-order valence-corrected chi connectivity index (χ1v) is 9.60. The Morgan fingerprint density at radius 2 is 2.23 bits per heavy atom. The highest BCUT2D eigenvalue weighted by atomic mass is 16.5. The number of amides is 2. The third kappa shape index (κ3) is 6.68. The van der Waals surface area contributed by atoms with Crippen LogP contribution in [0.3, 0.4) is 0 Å². The van der Waals surface area contributed by atoms with Crippen molar-refractivity contribution in [3.63, 3.8) is 0 Å². The molecular formula is C21H23N3O7. The Morgan fingerprint density at radius 1 is 1.35 bits per heavy atom. The number of rotatable bonds is 8. The molecule has 1 unspecified atom stereocenters. The first kappa shape index (κ1) is 22.0. The molecule has 1 saturated heterocycles. The molecule has 0 aliphatic carbocycles. The lowest BCUT2D eigenvalue weighted by molar-refractivity contribution is -0.140. The summed E-state index contributed by atoms with van der Waals surface area (Å²) in [5.74, 6) is -0.182. The Hall–Kier alpha value is -3.66. The van der Waals surface area contributed by atoms with Crippen molar-refractivity contribution in [3.05, 3.63) is 54.3 Å². The van der Waals surface area contributed by atoms with E-state index in [0.717, 1.165) is 0 Å². The van der Waals surface area contributed by atoms with E-state index in [4.69, 9.17) is 13.9 Å². The Balaban J connectivity index is 1.43. The summed E-state index contributed by atoms with van der Waals surface area (Å²) in [6.45, 7) is 1.15. The summed E-state index contributed by atoms with van der Waals surface area (Å²) in [5.41, 5.74) is 0.276. The van der Waals surface area contributed by atoms with Gasteiger partial charge in [0.2, 0.25) is 11.8 Å². The molecule has 10 nitrogen and oxygen atoms in total. The zero-order valence-electron chi connectivity index (χ0n) is 17.0. The topological polar surface area (TPSA) is 120 Å². The molecule has 0 saturated carbocycles. The van der Waals surface area contributed by atoms with Gasteiger partial charge >= 0.3 is 5.97 Å². The van der Waals surface area contributed by atoms with Crippen LogP contribution in [0.1, 0.15) is 16.1 Å². The number of hydrogen-bond donors (Lipinski definition) is 1. The van der Waals surface area contributed by atoms with Crippen LogP contribution in [0.2, 0.25) is 0 Å². The number of hydrogen-bond acceptors (Lipinski definition) is 8. The van der Waals surface area contributed by atoms with E-state index in [0.29, 0.717) is 31.2 Å². The van der Waals surface area contributed by atoms with Crippen LogP contribution >= 0.6 is 0 Å². The van der Waals surface area contributed by atoms with Crippen molar-refractivity contribution in [1.29, 1.82) is 0 Å². The SMILES string of the molecule is COC(=O)c1cncc(OCC2CN(C(=O)CNC(=O)C=Cc3ccco3)CCO2)c1. The molecule has 164 valence electrons. The number of morpholine rings is 1. The second-order valence-electron chi connectivity index (χ2n) is 6.61. The van der Waals surface area contributed by atoms with Crippen molar-refractivity contribution in [3.8, 4) is 5.75 Å². The van der Waals surface area contributed by atoms with Crippen molar-refractivity contribution in [2.24, 2.45) is 0 Å². The van der Waals surface area contributed by atoms with Crippen LogP contribution in [0.4, 0.5) is 0 Å². The highest BCUT2D eigenvalue weighted by molar-refractivity contribution is 5.94. The van der Waals surface area contributed by atoms with Crippen LogP contribution in [-0.4, -0.2) is 73.7 Å². The quantitative estimate of drug-likeness (QED) is 0.485. The highest BCUT2D eigenvalue weighted by Crippen LogP contribution is 2.14. The van der Waals surface area contributed by atoms with E-state index < -0.39 is 11.9 Å². The third-order valence-electron chi connectivity index (χ3n) is 4.42. The van der Waals surface area contributed by atoms with Gasteiger partial charge in [-0.25, -0.2) is 4.79 Å². The minimum absolute atomic E-state index is 0.125. The van der Waals surface area contributed by atoms with Gasteiger partial charge in [-0.3, -0.25) is 14.6 Å². The fourth-order valence-electron chi connectivity index (χ4n) is 2.84. The highest BCUT2D eigenvalue weighted by Gasteiger charge is 2.25. The van der Waals surface area contributed by atoms with Crippen molar-refractivity contribution >= 4 is 23.9 Å². The number of carbonyl (C=O) groups excluding carboxylic acids is 3. The van der Waals surface area contributed by atoms with Gasteiger partial charge < -0.3 is 28.8 Å². The molecule has 2 amide bonds. The molecule has 0 bridgehead atoms.